The van der Waals surface area contributed by atoms with Crippen LogP contribution in [0.4, 0.5) is 0 Å². The first-order valence-corrected chi connectivity index (χ1v) is 6.56. The molecule has 0 fully saturated rings. The summed E-state index contributed by atoms with van der Waals surface area (Å²) in [5, 5.41) is 24.3. The first-order valence-electron chi connectivity index (χ1n) is 6.56. The van der Waals surface area contributed by atoms with Gasteiger partial charge in [0.05, 0.1) is 7.11 Å². The SMILES string of the molecule is COc1ccc(CC(O)c2noc3cc(O)ccc23)cc1. The van der Waals surface area contributed by atoms with Crippen molar-refractivity contribution >= 4 is 11.0 Å². The lowest BCUT2D eigenvalue weighted by Crippen LogP contribution is -2.02. The van der Waals surface area contributed by atoms with E-state index in [-0.39, 0.29) is 5.75 Å². The average Bonchev–Trinajstić information content (AvgIpc) is 2.91. The summed E-state index contributed by atoms with van der Waals surface area (Å²) in [5.41, 5.74) is 1.90. The van der Waals surface area contributed by atoms with Gasteiger partial charge in [-0.1, -0.05) is 17.3 Å². The van der Waals surface area contributed by atoms with Crippen LogP contribution in [-0.2, 0) is 6.42 Å². The Kier molecular flexibility index (Phi) is 3.50. The number of aliphatic hydroxyl groups is 1. The van der Waals surface area contributed by atoms with E-state index in [2.05, 4.69) is 5.16 Å². The van der Waals surface area contributed by atoms with Gasteiger partial charge in [-0.15, -0.1) is 0 Å². The highest BCUT2D eigenvalue weighted by atomic mass is 16.5. The summed E-state index contributed by atoms with van der Waals surface area (Å²) >= 11 is 0. The smallest absolute Gasteiger partial charge is 0.170 e. The summed E-state index contributed by atoms with van der Waals surface area (Å²) in [6, 6.07) is 12.2. The van der Waals surface area contributed by atoms with Crippen molar-refractivity contribution in [3.63, 3.8) is 0 Å². The number of phenols is 1. The van der Waals surface area contributed by atoms with Gasteiger partial charge in [-0.25, -0.2) is 0 Å². The zero-order valence-corrected chi connectivity index (χ0v) is 11.5. The van der Waals surface area contributed by atoms with Crippen molar-refractivity contribution in [2.24, 2.45) is 0 Å². The maximum atomic E-state index is 10.3. The van der Waals surface area contributed by atoms with Gasteiger partial charge < -0.3 is 19.5 Å². The molecule has 3 rings (SSSR count). The second kappa shape index (κ2) is 5.46. The van der Waals surface area contributed by atoms with Crippen LogP contribution in [0.3, 0.4) is 0 Å². The van der Waals surface area contributed by atoms with Crippen molar-refractivity contribution in [1.82, 2.24) is 5.16 Å². The second-order valence-electron chi connectivity index (χ2n) is 4.82. The van der Waals surface area contributed by atoms with E-state index >= 15 is 0 Å². The highest BCUT2D eigenvalue weighted by Crippen LogP contribution is 2.28. The summed E-state index contributed by atoms with van der Waals surface area (Å²) in [5.74, 6) is 0.880. The molecule has 0 bridgehead atoms. The van der Waals surface area contributed by atoms with Gasteiger partial charge in [-0.05, 0) is 29.8 Å². The predicted octanol–water partition coefficient (Wildman–Crippen LogP) is 2.82. The highest BCUT2D eigenvalue weighted by Gasteiger charge is 2.17. The Hall–Kier alpha value is -2.53. The summed E-state index contributed by atoms with van der Waals surface area (Å²) in [7, 11) is 1.61. The van der Waals surface area contributed by atoms with E-state index in [4.69, 9.17) is 9.26 Å². The summed E-state index contributed by atoms with van der Waals surface area (Å²) in [6.07, 6.45) is -0.351. The summed E-state index contributed by atoms with van der Waals surface area (Å²) < 4.78 is 10.2. The van der Waals surface area contributed by atoms with Crippen molar-refractivity contribution in [3.8, 4) is 11.5 Å². The van der Waals surface area contributed by atoms with E-state index in [0.717, 1.165) is 11.3 Å². The normalized spacial score (nSPS) is 12.5. The van der Waals surface area contributed by atoms with Crippen LogP contribution in [0.5, 0.6) is 11.5 Å². The van der Waals surface area contributed by atoms with Gasteiger partial charge in [0.25, 0.3) is 0 Å². The number of aromatic nitrogens is 1. The number of hydrogen-bond acceptors (Lipinski definition) is 5. The predicted molar refractivity (Wildman–Crippen MR) is 77.3 cm³/mol. The van der Waals surface area contributed by atoms with Gasteiger partial charge in [0.2, 0.25) is 0 Å². The van der Waals surface area contributed by atoms with Crippen LogP contribution >= 0.6 is 0 Å². The first-order chi connectivity index (χ1) is 10.2. The van der Waals surface area contributed by atoms with Gasteiger partial charge in [-0.3, -0.25) is 0 Å². The lowest BCUT2D eigenvalue weighted by Gasteiger charge is -2.08. The minimum atomic E-state index is -0.774. The zero-order chi connectivity index (χ0) is 14.8. The third-order valence-electron chi connectivity index (χ3n) is 3.39. The number of phenolic OH excluding ortho intramolecular Hbond substituents is 1. The first kappa shape index (κ1) is 13.5. The average molecular weight is 285 g/mol. The molecule has 0 radical (unpaired) electrons. The third kappa shape index (κ3) is 2.68. The van der Waals surface area contributed by atoms with E-state index in [0.29, 0.717) is 23.1 Å². The van der Waals surface area contributed by atoms with Crippen LogP contribution in [0, 0.1) is 0 Å². The van der Waals surface area contributed by atoms with E-state index in [1.54, 1.807) is 19.2 Å². The van der Waals surface area contributed by atoms with Crippen molar-refractivity contribution in [2.75, 3.05) is 7.11 Å². The number of nitrogens with zero attached hydrogens (tertiary/aromatic N) is 1. The molecule has 1 atom stereocenters. The molecule has 3 aromatic rings. The van der Waals surface area contributed by atoms with Crippen molar-refractivity contribution in [2.45, 2.75) is 12.5 Å². The van der Waals surface area contributed by atoms with Crippen LogP contribution in [0.1, 0.15) is 17.4 Å². The Morgan fingerprint density at radius 3 is 2.67 bits per heavy atom. The molecule has 1 aromatic heterocycles. The molecule has 21 heavy (non-hydrogen) atoms. The number of methoxy groups -OCH3 is 1. The molecule has 5 nitrogen and oxygen atoms in total. The Bertz CT molecular complexity index is 749. The lowest BCUT2D eigenvalue weighted by molar-refractivity contribution is 0.169. The lowest BCUT2D eigenvalue weighted by atomic mass is 10.0. The molecule has 1 unspecified atom stereocenters. The van der Waals surface area contributed by atoms with Crippen molar-refractivity contribution in [1.29, 1.82) is 0 Å². The van der Waals surface area contributed by atoms with Crippen LogP contribution in [0.25, 0.3) is 11.0 Å². The molecule has 2 N–H and O–H groups in total. The molecule has 0 aliphatic carbocycles. The van der Waals surface area contributed by atoms with E-state index in [1.165, 1.54) is 6.07 Å². The molecular formula is C16H15NO4. The molecule has 0 amide bonds. The molecule has 1 heterocycles. The van der Waals surface area contributed by atoms with Gasteiger partial charge in [0.1, 0.15) is 23.3 Å². The number of aliphatic hydroxyl groups excluding tert-OH is 1. The Morgan fingerprint density at radius 2 is 1.95 bits per heavy atom. The standard InChI is InChI=1S/C16H15NO4/c1-20-12-5-2-10(3-6-12)8-14(19)16-13-7-4-11(18)9-15(13)21-17-16/h2-7,9,14,18-19H,8H2,1H3. The molecule has 5 heteroatoms. The van der Waals surface area contributed by atoms with Gasteiger partial charge in [0.15, 0.2) is 5.58 Å². The molecule has 0 aliphatic rings. The van der Waals surface area contributed by atoms with Crippen molar-refractivity contribution in [3.05, 3.63) is 53.7 Å². The van der Waals surface area contributed by atoms with Crippen LogP contribution < -0.4 is 4.74 Å². The fraction of sp³-hybridized carbons (Fsp3) is 0.188. The van der Waals surface area contributed by atoms with E-state index in [1.807, 2.05) is 24.3 Å². The Balaban J connectivity index is 1.84. The third-order valence-corrected chi connectivity index (χ3v) is 3.39. The molecule has 0 spiro atoms. The monoisotopic (exact) mass is 285 g/mol. The van der Waals surface area contributed by atoms with E-state index in [9.17, 15) is 10.2 Å². The van der Waals surface area contributed by atoms with Crippen LogP contribution in [0.15, 0.2) is 47.0 Å². The quantitative estimate of drug-likeness (QED) is 0.771. The molecule has 108 valence electrons. The fourth-order valence-electron chi connectivity index (χ4n) is 2.27. The number of rotatable bonds is 4. The minimum absolute atomic E-state index is 0.106. The number of fused-ring (bicyclic) bond motifs is 1. The molecule has 0 saturated carbocycles. The van der Waals surface area contributed by atoms with Crippen LogP contribution in [0.2, 0.25) is 0 Å². The zero-order valence-electron chi connectivity index (χ0n) is 11.5. The fourth-order valence-corrected chi connectivity index (χ4v) is 2.27. The van der Waals surface area contributed by atoms with Crippen molar-refractivity contribution < 1.29 is 19.5 Å². The van der Waals surface area contributed by atoms with Crippen LogP contribution in [-0.4, -0.2) is 22.5 Å². The summed E-state index contributed by atoms with van der Waals surface area (Å²) in [4.78, 5) is 0. The largest absolute Gasteiger partial charge is 0.508 e. The molecule has 2 aromatic carbocycles. The van der Waals surface area contributed by atoms with Gasteiger partial charge >= 0.3 is 0 Å². The Labute approximate surface area is 121 Å². The second-order valence-corrected chi connectivity index (χ2v) is 4.82. The summed E-state index contributed by atoms with van der Waals surface area (Å²) in [6.45, 7) is 0. The highest BCUT2D eigenvalue weighted by molar-refractivity contribution is 5.81. The topological polar surface area (TPSA) is 75.7 Å². The molecule has 0 saturated heterocycles. The van der Waals surface area contributed by atoms with Gasteiger partial charge in [0, 0.05) is 17.9 Å². The number of aromatic hydroxyl groups is 1. The number of hydrogen-bond donors (Lipinski definition) is 2. The maximum absolute atomic E-state index is 10.3. The van der Waals surface area contributed by atoms with E-state index < -0.39 is 6.10 Å². The maximum Gasteiger partial charge on any atom is 0.170 e. The number of ether oxygens (including phenoxy) is 1. The van der Waals surface area contributed by atoms with Gasteiger partial charge in [-0.2, -0.15) is 0 Å². The Morgan fingerprint density at radius 1 is 1.19 bits per heavy atom. The number of benzene rings is 2. The molecular weight excluding hydrogens is 270 g/mol. The minimum Gasteiger partial charge on any atom is -0.508 e. The molecule has 0 aliphatic heterocycles.